The third-order valence-electron chi connectivity index (χ3n) is 2.14. The van der Waals surface area contributed by atoms with Crippen LogP contribution >= 0.6 is 15.9 Å². The fourth-order valence-corrected chi connectivity index (χ4v) is 1.88. The molecular weight excluding hydrogens is 256 g/mol. The first-order valence-corrected chi connectivity index (χ1v) is 5.62. The molecule has 1 aromatic carbocycles. The number of benzene rings is 1. The van der Waals surface area contributed by atoms with Gasteiger partial charge in [-0.3, -0.25) is 4.79 Å². The van der Waals surface area contributed by atoms with Crippen LogP contribution in [0.15, 0.2) is 28.7 Å². The summed E-state index contributed by atoms with van der Waals surface area (Å²) >= 11 is 3.44. The van der Waals surface area contributed by atoms with Gasteiger partial charge < -0.3 is 11.1 Å². The molecule has 0 saturated carbocycles. The zero-order valence-corrected chi connectivity index (χ0v) is 10.4. The number of hydrogen-bond donors (Lipinski definition) is 2. The number of halogens is 1. The summed E-state index contributed by atoms with van der Waals surface area (Å²) < 4.78 is 0.988. The van der Waals surface area contributed by atoms with Crippen LogP contribution in [0.5, 0.6) is 0 Å². The van der Waals surface area contributed by atoms with Crippen LogP contribution in [-0.2, 0) is 4.79 Å². The molecule has 0 aromatic heterocycles. The molecule has 0 aliphatic carbocycles. The molecule has 1 aromatic rings. The van der Waals surface area contributed by atoms with Crippen LogP contribution in [-0.4, -0.2) is 11.9 Å². The highest BCUT2D eigenvalue weighted by atomic mass is 79.9. The zero-order chi connectivity index (χ0) is 11.4. The van der Waals surface area contributed by atoms with Crippen molar-refractivity contribution < 1.29 is 4.79 Å². The van der Waals surface area contributed by atoms with E-state index in [1.165, 1.54) is 0 Å². The average Bonchev–Trinajstić information content (AvgIpc) is 2.18. The topological polar surface area (TPSA) is 55.1 Å². The number of rotatable bonds is 3. The largest absolute Gasteiger partial charge is 0.348 e. The Hall–Kier alpha value is -0.870. The Bertz CT molecular complexity index is 352. The number of nitrogens with two attached hydrogens (primary N) is 1. The Morgan fingerprint density at radius 2 is 2.00 bits per heavy atom. The number of carbonyl (C=O) groups is 1. The van der Waals surface area contributed by atoms with Crippen molar-refractivity contribution in [2.75, 3.05) is 0 Å². The van der Waals surface area contributed by atoms with Crippen LogP contribution in [0.25, 0.3) is 0 Å². The van der Waals surface area contributed by atoms with Crippen LogP contribution in [0.4, 0.5) is 0 Å². The zero-order valence-electron chi connectivity index (χ0n) is 8.83. The number of carbonyl (C=O) groups excluding carboxylic acids is 1. The molecule has 82 valence electrons. The Balaban J connectivity index is 2.73. The standard InChI is InChI=1S/C11H15BrN2O/c1-7(13)11(15)14-8(2)9-5-3-4-6-10(9)12/h3-8H,13H2,1-2H3,(H,14,15)/t7-,8-/m1/s1. The molecule has 0 fully saturated rings. The van der Waals surface area contributed by atoms with Crippen molar-refractivity contribution in [2.45, 2.75) is 25.9 Å². The second-order valence-electron chi connectivity index (χ2n) is 3.54. The van der Waals surface area contributed by atoms with E-state index in [-0.39, 0.29) is 11.9 Å². The van der Waals surface area contributed by atoms with Gasteiger partial charge in [-0.05, 0) is 25.5 Å². The average molecular weight is 271 g/mol. The lowest BCUT2D eigenvalue weighted by Gasteiger charge is -2.17. The Morgan fingerprint density at radius 3 is 2.53 bits per heavy atom. The first-order chi connectivity index (χ1) is 7.02. The predicted molar refractivity (Wildman–Crippen MR) is 64.3 cm³/mol. The van der Waals surface area contributed by atoms with Crippen molar-refractivity contribution >= 4 is 21.8 Å². The molecule has 2 atom stereocenters. The molecule has 0 aliphatic heterocycles. The van der Waals surface area contributed by atoms with Crippen LogP contribution < -0.4 is 11.1 Å². The number of amides is 1. The highest BCUT2D eigenvalue weighted by Crippen LogP contribution is 2.22. The van der Waals surface area contributed by atoms with E-state index in [0.717, 1.165) is 10.0 Å². The van der Waals surface area contributed by atoms with Crippen LogP contribution in [0.1, 0.15) is 25.5 Å². The summed E-state index contributed by atoms with van der Waals surface area (Å²) in [4.78, 5) is 11.4. The van der Waals surface area contributed by atoms with Crippen molar-refractivity contribution in [1.82, 2.24) is 5.32 Å². The molecule has 0 heterocycles. The van der Waals surface area contributed by atoms with E-state index in [1.54, 1.807) is 6.92 Å². The van der Waals surface area contributed by atoms with Crippen molar-refractivity contribution in [2.24, 2.45) is 5.73 Å². The van der Waals surface area contributed by atoms with Crippen LogP contribution in [0.2, 0.25) is 0 Å². The maximum Gasteiger partial charge on any atom is 0.237 e. The van der Waals surface area contributed by atoms with Crippen LogP contribution in [0, 0.1) is 0 Å². The lowest BCUT2D eigenvalue weighted by atomic mass is 10.1. The molecule has 0 unspecified atom stereocenters. The molecule has 0 saturated heterocycles. The fourth-order valence-electron chi connectivity index (χ4n) is 1.25. The number of hydrogen-bond acceptors (Lipinski definition) is 2. The third kappa shape index (κ3) is 3.32. The summed E-state index contributed by atoms with van der Waals surface area (Å²) in [6.45, 7) is 3.60. The van der Waals surface area contributed by atoms with Crippen molar-refractivity contribution in [3.8, 4) is 0 Å². The Labute approximate surface area is 98.2 Å². The third-order valence-corrected chi connectivity index (χ3v) is 2.87. The molecule has 0 aliphatic rings. The highest BCUT2D eigenvalue weighted by molar-refractivity contribution is 9.10. The van der Waals surface area contributed by atoms with Gasteiger partial charge in [0.2, 0.25) is 5.91 Å². The van der Waals surface area contributed by atoms with Gasteiger partial charge in [0.05, 0.1) is 12.1 Å². The molecule has 3 nitrogen and oxygen atoms in total. The normalized spacial score (nSPS) is 14.4. The van der Waals surface area contributed by atoms with Crippen molar-refractivity contribution in [1.29, 1.82) is 0 Å². The van der Waals surface area contributed by atoms with Gasteiger partial charge in [0.1, 0.15) is 0 Å². The first kappa shape index (κ1) is 12.2. The summed E-state index contributed by atoms with van der Waals surface area (Å²) in [5.41, 5.74) is 6.52. The summed E-state index contributed by atoms with van der Waals surface area (Å²) in [6, 6.07) is 7.27. The molecule has 0 bridgehead atoms. The second kappa shape index (κ2) is 5.28. The molecule has 0 radical (unpaired) electrons. The molecule has 3 N–H and O–H groups in total. The molecule has 0 spiro atoms. The summed E-state index contributed by atoms with van der Waals surface area (Å²) in [5.74, 6) is -0.141. The summed E-state index contributed by atoms with van der Waals surface area (Å²) in [6.07, 6.45) is 0. The minimum Gasteiger partial charge on any atom is -0.348 e. The van der Waals surface area contributed by atoms with Gasteiger partial charge in [-0.15, -0.1) is 0 Å². The quantitative estimate of drug-likeness (QED) is 0.883. The highest BCUT2D eigenvalue weighted by Gasteiger charge is 2.13. The van der Waals surface area contributed by atoms with Gasteiger partial charge in [-0.1, -0.05) is 34.1 Å². The SMILES string of the molecule is C[C@@H](N)C(=O)N[C@H](C)c1ccccc1Br. The van der Waals surface area contributed by atoms with Gasteiger partial charge in [0.15, 0.2) is 0 Å². The van der Waals surface area contributed by atoms with Crippen molar-refractivity contribution in [3.05, 3.63) is 34.3 Å². The maximum absolute atomic E-state index is 11.4. The van der Waals surface area contributed by atoms with E-state index < -0.39 is 6.04 Å². The molecule has 1 amide bonds. The smallest absolute Gasteiger partial charge is 0.237 e. The molecule has 1 rings (SSSR count). The van der Waals surface area contributed by atoms with Crippen LogP contribution in [0.3, 0.4) is 0 Å². The van der Waals surface area contributed by atoms with Gasteiger partial charge >= 0.3 is 0 Å². The fraction of sp³-hybridized carbons (Fsp3) is 0.364. The second-order valence-corrected chi connectivity index (χ2v) is 4.39. The van der Waals surface area contributed by atoms with E-state index in [9.17, 15) is 4.79 Å². The van der Waals surface area contributed by atoms with E-state index in [4.69, 9.17) is 5.73 Å². The first-order valence-electron chi connectivity index (χ1n) is 4.82. The Morgan fingerprint density at radius 1 is 1.40 bits per heavy atom. The monoisotopic (exact) mass is 270 g/mol. The summed E-state index contributed by atoms with van der Waals surface area (Å²) in [5, 5.41) is 2.84. The number of nitrogens with one attached hydrogen (secondary N) is 1. The molecule has 4 heteroatoms. The van der Waals surface area contributed by atoms with E-state index in [2.05, 4.69) is 21.2 Å². The van der Waals surface area contributed by atoms with Crippen molar-refractivity contribution in [3.63, 3.8) is 0 Å². The summed E-state index contributed by atoms with van der Waals surface area (Å²) in [7, 11) is 0. The predicted octanol–water partition coefficient (Wildman–Crippen LogP) is 1.97. The van der Waals surface area contributed by atoms with E-state index >= 15 is 0 Å². The minimum atomic E-state index is -0.477. The lowest BCUT2D eigenvalue weighted by molar-refractivity contribution is -0.122. The molecule has 15 heavy (non-hydrogen) atoms. The van der Waals surface area contributed by atoms with E-state index in [0.29, 0.717) is 0 Å². The van der Waals surface area contributed by atoms with Gasteiger partial charge in [0.25, 0.3) is 0 Å². The molecular formula is C11H15BrN2O. The minimum absolute atomic E-state index is 0.0425. The maximum atomic E-state index is 11.4. The van der Waals surface area contributed by atoms with Gasteiger partial charge in [-0.25, -0.2) is 0 Å². The lowest BCUT2D eigenvalue weighted by Crippen LogP contribution is -2.39. The van der Waals surface area contributed by atoms with Gasteiger partial charge in [0, 0.05) is 4.47 Å². The van der Waals surface area contributed by atoms with E-state index in [1.807, 2.05) is 31.2 Å². The van der Waals surface area contributed by atoms with Gasteiger partial charge in [-0.2, -0.15) is 0 Å². The Kier molecular flexibility index (Phi) is 4.29.